The Hall–Kier alpha value is -0.580. The van der Waals surface area contributed by atoms with E-state index in [2.05, 4.69) is 21.8 Å². The van der Waals surface area contributed by atoms with E-state index in [1.807, 2.05) is 13.8 Å². The van der Waals surface area contributed by atoms with E-state index >= 15 is 0 Å². The molecule has 5 heteroatoms. The Morgan fingerprint density at radius 3 is 2.70 bits per heavy atom. The average Bonchev–Trinajstić information content (AvgIpc) is 2.33. The molecule has 4 nitrogen and oxygen atoms in total. The Morgan fingerprint density at radius 1 is 1.60 bits per heavy atom. The number of thioether (sulfide) groups is 1. The maximum Gasteiger partial charge on any atom is 0.209 e. The quantitative estimate of drug-likeness (QED) is 0.604. The standard InChI is InChI=1S/C5H9N4S/c1-4(2)9-5(10-3)6-7-8-9/h4H,3H2,1-2H3. The van der Waals surface area contributed by atoms with Crippen LogP contribution in [0.2, 0.25) is 0 Å². The molecule has 55 valence electrons. The molecule has 0 saturated carbocycles. The number of tetrazole rings is 1. The van der Waals surface area contributed by atoms with Crippen LogP contribution in [0, 0.1) is 6.26 Å². The fourth-order valence-electron chi connectivity index (χ4n) is 0.605. The summed E-state index contributed by atoms with van der Waals surface area (Å²) in [6.07, 6.45) is 3.62. The molecule has 1 heterocycles. The van der Waals surface area contributed by atoms with Crippen molar-refractivity contribution in [2.45, 2.75) is 25.0 Å². The molecule has 0 N–H and O–H groups in total. The smallest absolute Gasteiger partial charge is 0.209 e. The van der Waals surface area contributed by atoms with Crippen LogP contribution in [0.5, 0.6) is 0 Å². The van der Waals surface area contributed by atoms with Gasteiger partial charge in [0.2, 0.25) is 5.16 Å². The molecule has 0 spiro atoms. The van der Waals surface area contributed by atoms with E-state index in [-0.39, 0.29) is 0 Å². The third kappa shape index (κ3) is 1.29. The predicted octanol–water partition coefficient (Wildman–Crippen LogP) is 1.14. The van der Waals surface area contributed by atoms with Crippen molar-refractivity contribution in [2.75, 3.05) is 0 Å². The van der Waals surface area contributed by atoms with E-state index in [1.165, 1.54) is 11.8 Å². The van der Waals surface area contributed by atoms with Crippen molar-refractivity contribution in [2.24, 2.45) is 0 Å². The highest BCUT2D eigenvalue weighted by Gasteiger charge is 2.05. The highest BCUT2D eigenvalue weighted by Crippen LogP contribution is 2.14. The van der Waals surface area contributed by atoms with E-state index in [4.69, 9.17) is 0 Å². The molecule has 1 rings (SSSR count). The molecule has 0 fully saturated rings. The van der Waals surface area contributed by atoms with Crippen LogP contribution in [-0.4, -0.2) is 20.2 Å². The van der Waals surface area contributed by atoms with Gasteiger partial charge in [-0.2, -0.15) is 0 Å². The van der Waals surface area contributed by atoms with Crippen molar-refractivity contribution >= 4 is 11.8 Å². The minimum atomic E-state index is 0.305. The third-order valence-electron chi connectivity index (χ3n) is 1.08. The van der Waals surface area contributed by atoms with Crippen molar-refractivity contribution in [1.82, 2.24) is 20.2 Å². The number of nitrogens with zero attached hydrogens (tertiary/aromatic N) is 4. The first-order valence-corrected chi connectivity index (χ1v) is 3.94. The largest absolute Gasteiger partial charge is 0.218 e. The summed E-state index contributed by atoms with van der Waals surface area (Å²) < 4.78 is 1.73. The van der Waals surface area contributed by atoms with Crippen molar-refractivity contribution in [3.63, 3.8) is 0 Å². The van der Waals surface area contributed by atoms with E-state index < -0.39 is 0 Å². The molecule has 1 aromatic heterocycles. The summed E-state index contributed by atoms with van der Waals surface area (Å²) in [7, 11) is 0. The summed E-state index contributed by atoms with van der Waals surface area (Å²) in [6, 6.07) is 0.305. The number of hydrogen-bond donors (Lipinski definition) is 0. The highest BCUT2D eigenvalue weighted by atomic mass is 32.2. The fraction of sp³-hybridized carbons (Fsp3) is 0.600. The zero-order valence-electron chi connectivity index (χ0n) is 5.98. The van der Waals surface area contributed by atoms with Gasteiger partial charge in [0, 0.05) is 6.26 Å². The van der Waals surface area contributed by atoms with Crippen LogP contribution in [0.15, 0.2) is 5.16 Å². The highest BCUT2D eigenvalue weighted by molar-refractivity contribution is 8.00. The molecule has 0 aromatic carbocycles. The van der Waals surface area contributed by atoms with Gasteiger partial charge < -0.3 is 0 Å². The molecule has 0 aliphatic rings. The van der Waals surface area contributed by atoms with Crippen LogP contribution in [0.3, 0.4) is 0 Å². The van der Waals surface area contributed by atoms with Crippen LogP contribution in [0.1, 0.15) is 19.9 Å². The molecule has 10 heavy (non-hydrogen) atoms. The van der Waals surface area contributed by atoms with Crippen molar-refractivity contribution < 1.29 is 0 Å². The topological polar surface area (TPSA) is 43.6 Å². The van der Waals surface area contributed by atoms with Gasteiger partial charge in [0.1, 0.15) is 0 Å². The third-order valence-corrected chi connectivity index (χ3v) is 1.61. The average molecular weight is 157 g/mol. The van der Waals surface area contributed by atoms with Gasteiger partial charge in [-0.3, -0.25) is 0 Å². The van der Waals surface area contributed by atoms with Crippen LogP contribution in [-0.2, 0) is 0 Å². The van der Waals surface area contributed by atoms with E-state index in [0.29, 0.717) is 6.04 Å². The zero-order valence-corrected chi connectivity index (χ0v) is 6.80. The summed E-state index contributed by atoms with van der Waals surface area (Å²) in [5.74, 6) is 0. The van der Waals surface area contributed by atoms with Crippen molar-refractivity contribution in [3.8, 4) is 0 Å². The van der Waals surface area contributed by atoms with E-state index in [9.17, 15) is 0 Å². The Morgan fingerprint density at radius 2 is 2.30 bits per heavy atom. The van der Waals surface area contributed by atoms with Crippen molar-refractivity contribution in [1.29, 1.82) is 0 Å². The maximum atomic E-state index is 3.78. The fourth-order valence-corrected chi connectivity index (χ4v) is 1.08. The molecular formula is C5H9N4S. The zero-order chi connectivity index (χ0) is 7.56. The van der Waals surface area contributed by atoms with Gasteiger partial charge in [-0.1, -0.05) is 11.8 Å². The predicted molar refractivity (Wildman–Crippen MR) is 39.4 cm³/mol. The molecular weight excluding hydrogens is 148 g/mol. The van der Waals surface area contributed by atoms with Gasteiger partial charge in [-0.15, -0.1) is 5.10 Å². The molecule has 1 radical (unpaired) electrons. The van der Waals surface area contributed by atoms with Gasteiger partial charge in [0.25, 0.3) is 0 Å². The Balaban J connectivity index is 2.90. The van der Waals surface area contributed by atoms with Crippen LogP contribution < -0.4 is 0 Å². The SMILES string of the molecule is [CH2]Sc1nnnn1C(C)C. The minimum Gasteiger partial charge on any atom is -0.218 e. The normalized spacial score (nSPS) is 10.8. The Labute approximate surface area is 64.0 Å². The van der Waals surface area contributed by atoms with Gasteiger partial charge in [-0.05, 0) is 24.3 Å². The summed E-state index contributed by atoms with van der Waals surface area (Å²) in [5.41, 5.74) is 0. The monoisotopic (exact) mass is 157 g/mol. The molecule has 0 aliphatic heterocycles. The molecule has 0 unspecified atom stereocenters. The lowest BCUT2D eigenvalue weighted by Gasteiger charge is -2.03. The Bertz CT molecular complexity index is 207. The van der Waals surface area contributed by atoms with E-state index in [1.54, 1.807) is 4.68 Å². The van der Waals surface area contributed by atoms with E-state index in [0.717, 1.165) is 5.16 Å². The van der Waals surface area contributed by atoms with Crippen LogP contribution >= 0.6 is 11.8 Å². The molecule has 1 aromatic rings. The van der Waals surface area contributed by atoms with Gasteiger partial charge in [0.05, 0.1) is 6.04 Å². The lowest BCUT2D eigenvalue weighted by molar-refractivity contribution is 0.477. The number of aromatic nitrogens is 4. The molecule has 0 bridgehead atoms. The maximum absolute atomic E-state index is 3.78. The lowest BCUT2D eigenvalue weighted by Crippen LogP contribution is -2.03. The second kappa shape index (κ2) is 3.01. The van der Waals surface area contributed by atoms with Gasteiger partial charge in [0.15, 0.2) is 0 Å². The minimum absolute atomic E-state index is 0.305. The summed E-state index contributed by atoms with van der Waals surface area (Å²) in [5, 5.41) is 11.8. The first kappa shape index (κ1) is 7.53. The molecule has 0 aliphatic carbocycles. The van der Waals surface area contributed by atoms with Crippen LogP contribution in [0.25, 0.3) is 0 Å². The number of rotatable bonds is 2. The van der Waals surface area contributed by atoms with Gasteiger partial charge >= 0.3 is 0 Å². The van der Waals surface area contributed by atoms with Gasteiger partial charge in [-0.25, -0.2) is 4.68 Å². The lowest BCUT2D eigenvalue weighted by atomic mass is 10.4. The summed E-state index contributed by atoms with van der Waals surface area (Å²) in [4.78, 5) is 0. The second-order valence-corrected chi connectivity index (χ2v) is 2.80. The summed E-state index contributed by atoms with van der Waals surface area (Å²) in [6.45, 7) is 4.05. The number of hydrogen-bond acceptors (Lipinski definition) is 4. The summed E-state index contributed by atoms with van der Waals surface area (Å²) >= 11 is 1.31. The van der Waals surface area contributed by atoms with Crippen molar-refractivity contribution in [3.05, 3.63) is 6.26 Å². The second-order valence-electron chi connectivity index (χ2n) is 2.14. The Kier molecular flexibility index (Phi) is 2.26. The molecule has 0 atom stereocenters. The first-order chi connectivity index (χ1) is 4.75. The van der Waals surface area contributed by atoms with Crippen LogP contribution in [0.4, 0.5) is 0 Å². The first-order valence-electron chi connectivity index (χ1n) is 2.95. The molecule has 0 saturated heterocycles. The molecule has 0 amide bonds.